The number of carbonyl (C=O) groups is 2. The van der Waals surface area contributed by atoms with E-state index in [0.717, 1.165) is 51.4 Å². The number of rotatable bonds is 5. The number of amides is 2. The molecule has 1 aliphatic carbocycles. The smallest absolute Gasteiger partial charge is 0.258 e. The van der Waals surface area contributed by atoms with Crippen LogP contribution in [0, 0.1) is 17.2 Å². The highest BCUT2D eigenvalue weighted by Gasteiger charge is 2.59. The summed E-state index contributed by atoms with van der Waals surface area (Å²) in [5.41, 5.74) is 6.12. The normalized spacial score (nSPS) is 20.9. The lowest BCUT2D eigenvalue weighted by atomic mass is 9.90. The van der Waals surface area contributed by atoms with Crippen LogP contribution in [0.2, 0.25) is 10.0 Å². The molecule has 3 fully saturated rings. The molecule has 36 heavy (non-hydrogen) atoms. The summed E-state index contributed by atoms with van der Waals surface area (Å²) < 4.78 is 21.0. The lowest BCUT2D eigenvalue weighted by Crippen LogP contribution is -2.42. The van der Waals surface area contributed by atoms with Crippen LogP contribution in [-0.4, -0.2) is 52.8 Å². The summed E-state index contributed by atoms with van der Waals surface area (Å²) >= 11 is 12.3. The number of nitrogens with zero attached hydrogens (tertiary/aromatic N) is 3. The summed E-state index contributed by atoms with van der Waals surface area (Å²) in [6, 6.07) is 5.00. The van der Waals surface area contributed by atoms with E-state index in [2.05, 4.69) is 4.98 Å². The van der Waals surface area contributed by atoms with Crippen molar-refractivity contribution in [3.8, 4) is 5.75 Å². The van der Waals surface area contributed by atoms with E-state index in [1.54, 1.807) is 23.1 Å². The van der Waals surface area contributed by atoms with Crippen molar-refractivity contribution in [2.24, 2.45) is 11.3 Å². The second-order valence-corrected chi connectivity index (χ2v) is 10.8. The molecule has 1 atom stereocenters. The fourth-order valence-electron chi connectivity index (χ4n) is 5.49. The predicted octanol–water partition coefficient (Wildman–Crippen LogP) is 4.94. The minimum absolute atomic E-state index is 0.0221. The Labute approximate surface area is 219 Å². The van der Waals surface area contributed by atoms with Gasteiger partial charge in [-0.2, -0.15) is 0 Å². The molecule has 10 heteroatoms. The standard InChI is InChI=1S/C26H29Cl2FN4O3/c27-19-5-4-6-20(28)17(19)15-36-22-21(29)16(14-31-23(22)30)24(34)33-11-7-26(8-12-33)13-18(26)25(35)32-9-2-1-3-10-32/h4-6,14,18H,1-3,7-13,15H2,(H2,30,31). The van der Waals surface area contributed by atoms with E-state index >= 15 is 4.39 Å². The zero-order chi connectivity index (χ0) is 25.4. The summed E-state index contributed by atoms with van der Waals surface area (Å²) in [6.07, 6.45) is 6.84. The first-order valence-corrected chi connectivity index (χ1v) is 13.1. The van der Waals surface area contributed by atoms with Crippen molar-refractivity contribution in [2.45, 2.75) is 45.1 Å². The average Bonchev–Trinajstić information content (AvgIpc) is 3.58. The van der Waals surface area contributed by atoms with E-state index in [-0.39, 0.29) is 41.0 Å². The summed E-state index contributed by atoms with van der Waals surface area (Å²) in [6.45, 7) is 2.52. The van der Waals surface area contributed by atoms with E-state index in [0.29, 0.717) is 28.7 Å². The van der Waals surface area contributed by atoms with Gasteiger partial charge in [0, 0.05) is 53.9 Å². The second-order valence-electron chi connectivity index (χ2n) is 9.99. The Balaban J connectivity index is 1.23. The molecular formula is C26H29Cl2FN4O3. The van der Waals surface area contributed by atoms with Gasteiger partial charge in [0.25, 0.3) is 5.91 Å². The number of aromatic nitrogens is 1. The predicted molar refractivity (Wildman–Crippen MR) is 136 cm³/mol. The van der Waals surface area contributed by atoms with Gasteiger partial charge >= 0.3 is 0 Å². The van der Waals surface area contributed by atoms with Crippen LogP contribution in [0.25, 0.3) is 0 Å². The van der Waals surface area contributed by atoms with Gasteiger partial charge in [-0.3, -0.25) is 9.59 Å². The molecule has 1 aromatic heterocycles. The maximum absolute atomic E-state index is 15.4. The monoisotopic (exact) mass is 534 g/mol. The molecule has 3 aliphatic rings. The Hall–Kier alpha value is -2.58. The third-order valence-corrected chi connectivity index (χ3v) is 8.56. The van der Waals surface area contributed by atoms with Gasteiger partial charge in [0.1, 0.15) is 6.61 Å². The van der Waals surface area contributed by atoms with E-state index < -0.39 is 11.7 Å². The van der Waals surface area contributed by atoms with E-state index in [1.165, 1.54) is 6.42 Å². The van der Waals surface area contributed by atoms with Gasteiger partial charge in [-0.25, -0.2) is 9.37 Å². The van der Waals surface area contributed by atoms with Gasteiger partial charge in [-0.05, 0) is 56.1 Å². The van der Waals surface area contributed by atoms with Crippen LogP contribution >= 0.6 is 23.2 Å². The Bertz CT molecular complexity index is 1160. The Morgan fingerprint density at radius 2 is 1.75 bits per heavy atom. The van der Waals surface area contributed by atoms with E-state index in [4.69, 9.17) is 33.7 Å². The summed E-state index contributed by atoms with van der Waals surface area (Å²) in [4.78, 5) is 33.7. The van der Waals surface area contributed by atoms with E-state index in [9.17, 15) is 9.59 Å². The van der Waals surface area contributed by atoms with Crippen molar-refractivity contribution in [3.63, 3.8) is 0 Å². The number of hydrogen-bond acceptors (Lipinski definition) is 5. The van der Waals surface area contributed by atoms with E-state index in [1.807, 2.05) is 4.90 Å². The molecule has 7 nitrogen and oxygen atoms in total. The molecule has 0 radical (unpaired) electrons. The maximum atomic E-state index is 15.4. The summed E-state index contributed by atoms with van der Waals surface area (Å²) in [7, 11) is 0. The van der Waals surface area contributed by atoms with Gasteiger partial charge < -0.3 is 20.3 Å². The zero-order valence-corrected chi connectivity index (χ0v) is 21.5. The molecule has 2 amide bonds. The fourth-order valence-corrected chi connectivity index (χ4v) is 6.00. The highest BCUT2D eigenvalue weighted by atomic mass is 35.5. The molecule has 2 N–H and O–H groups in total. The first-order chi connectivity index (χ1) is 17.3. The lowest BCUT2D eigenvalue weighted by molar-refractivity contribution is -0.134. The minimum atomic E-state index is -0.861. The number of anilines is 1. The number of carbonyl (C=O) groups excluding carboxylic acids is 2. The van der Waals surface area contributed by atoms with Crippen LogP contribution < -0.4 is 10.5 Å². The molecule has 1 saturated carbocycles. The maximum Gasteiger partial charge on any atom is 0.258 e. The number of piperidine rings is 2. The number of pyridine rings is 1. The zero-order valence-electron chi connectivity index (χ0n) is 19.9. The van der Waals surface area contributed by atoms with Gasteiger partial charge in [-0.15, -0.1) is 0 Å². The van der Waals surface area contributed by atoms with Crippen molar-refractivity contribution in [2.75, 3.05) is 31.9 Å². The molecule has 3 heterocycles. The Morgan fingerprint density at radius 3 is 2.42 bits per heavy atom. The Morgan fingerprint density at radius 1 is 1.08 bits per heavy atom. The SMILES string of the molecule is Nc1ncc(C(=O)N2CCC3(CC2)CC3C(=O)N2CCCCC2)c(F)c1OCc1c(Cl)cccc1Cl. The number of ether oxygens (including phenoxy) is 1. The average molecular weight is 535 g/mol. The molecule has 1 unspecified atom stereocenters. The largest absolute Gasteiger partial charge is 0.482 e. The molecular weight excluding hydrogens is 506 g/mol. The number of halogens is 3. The number of hydrogen-bond donors (Lipinski definition) is 1. The molecule has 2 aliphatic heterocycles. The van der Waals surface area contributed by atoms with Crippen LogP contribution in [0.1, 0.15) is 54.4 Å². The van der Waals surface area contributed by atoms with Crippen molar-refractivity contribution >= 4 is 40.8 Å². The first kappa shape index (κ1) is 25.1. The molecule has 0 bridgehead atoms. The van der Waals surface area contributed by atoms with Crippen LogP contribution in [0.15, 0.2) is 24.4 Å². The molecule has 2 saturated heterocycles. The van der Waals surface area contributed by atoms with Crippen LogP contribution in [-0.2, 0) is 11.4 Å². The highest BCUT2D eigenvalue weighted by Crippen LogP contribution is 2.60. The number of likely N-dealkylation sites (tertiary alicyclic amines) is 2. The number of nitrogen functional groups attached to an aromatic ring is 1. The molecule has 1 aromatic carbocycles. The third-order valence-electron chi connectivity index (χ3n) is 7.86. The first-order valence-electron chi connectivity index (χ1n) is 12.4. The van der Waals surface area contributed by atoms with Crippen molar-refractivity contribution < 1.29 is 18.7 Å². The topological polar surface area (TPSA) is 88.8 Å². The lowest BCUT2D eigenvalue weighted by Gasteiger charge is -2.34. The highest BCUT2D eigenvalue weighted by molar-refractivity contribution is 6.35. The van der Waals surface area contributed by atoms with Gasteiger partial charge in [0.15, 0.2) is 17.4 Å². The second kappa shape index (κ2) is 10.1. The van der Waals surface area contributed by atoms with Crippen LogP contribution in [0.3, 0.4) is 0 Å². The van der Waals surface area contributed by atoms with Gasteiger partial charge in [0.05, 0.1) is 5.56 Å². The number of benzene rings is 1. The minimum Gasteiger partial charge on any atom is -0.482 e. The quantitative estimate of drug-likeness (QED) is 0.586. The number of nitrogens with two attached hydrogens (primary N) is 1. The van der Waals surface area contributed by atoms with Gasteiger partial charge in [0.2, 0.25) is 5.91 Å². The van der Waals surface area contributed by atoms with Crippen LogP contribution in [0.4, 0.5) is 10.2 Å². The van der Waals surface area contributed by atoms with Crippen molar-refractivity contribution in [3.05, 3.63) is 51.4 Å². The van der Waals surface area contributed by atoms with Gasteiger partial charge in [-0.1, -0.05) is 29.3 Å². The molecule has 1 spiro atoms. The molecule has 2 aromatic rings. The summed E-state index contributed by atoms with van der Waals surface area (Å²) in [5.74, 6) is -1.47. The summed E-state index contributed by atoms with van der Waals surface area (Å²) in [5, 5.41) is 0.752. The fraction of sp³-hybridized carbons (Fsp3) is 0.500. The Kier molecular flexibility index (Phi) is 7.01. The van der Waals surface area contributed by atoms with Crippen molar-refractivity contribution in [1.29, 1.82) is 0 Å². The van der Waals surface area contributed by atoms with Crippen LogP contribution in [0.5, 0.6) is 5.75 Å². The van der Waals surface area contributed by atoms with Crippen molar-refractivity contribution in [1.82, 2.24) is 14.8 Å². The molecule has 192 valence electrons. The molecule has 5 rings (SSSR count). The third kappa shape index (κ3) is 4.73.